The van der Waals surface area contributed by atoms with Crippen molar-refractivity contribution in [2.75, 3.05) is 20.3 Å². The normalized spacial score (nSPS) is 10.2. The van der Waals surface area contributed by atoms with Crippen LogP contribution in [0.3, 0.4) is 0 Å². The molecule has 2 aromatic rings. The Morgan fingerprint density at radius 2 is 1.54 bits per heavy atom. The van der Waals surface area contributed by atoms with Crippen molar-refractivity contribution in [1.29, 1.82) is 0 Å². The summed E-state index contributed by atoms with van der Waals surface area (Å²) in [6, 6.07) is 9.85. The van der Waals surface area contributed by atoms with Gasteiger partial charge in [-0.2, -0.15) is 0 Å². The van der Waals surface area contributed by atoms with Crippen LogP contribution in [0, 0.1) is 0 Å². The lowest BCUT2D eigenvalue weighted by molar-refractivity contribution is 0.0458. The van der Waals surface area contributed by atoms with E-state index in [-0.39, 0.29) is 36.6 Å². The number of carbonyl (C=O) groups excluding carboxylic acids is 3. The van der Waals surface area contributed by atoms with E-state index < -0.39 is 23.5 Å². The Labute approximate surface area is 161 Å². The van der Waals surface area contributed by atoms with E-state index in [0.717, 1.165) is 23.3 Å². The third-order valence-electron chi connectivity index (χ3n) is 3.85. The number of benzene rings is 1. The van der Waals surface area contributed by atoms with Crippen molar-refractivity contribution in [1.82, 2.24) is 4.57 Å². The predicted molar refractivity (Wildman–Crippen MR) is 99.5 cm³/mol. The molecule has 0 aliphatic heterocycles. The van der Waals surface area contributed by atoms with Gasteiger partial charge in [0.2, 0.25) is 0 Å². The van der Waals surface area contributed by atoms with Crippen molar-refractivity contribution in [3.8, 4) is 0 Å². The van der Waals surface area contributed by atoms with Crippen LogP contribution in [0.25, 0.3) is 0 Å². The van der Waals surface area contributed by atoms with E-state index in [2.05, 4.69) is 4.74 Å². The highest BCUT2D eigenvalue weighted by Crippen LogP contribution is 2.18. The van der Waals surface area contributed by atoms with Gasteiger partial charge in [0.25, 0.3) is 5.56 Å². The van der Waals surface area contributed by atoms with Gasteiger partial charge >= 0.3 is 17.9 Å². The predicted octanol–water partition coefficient (Wildman–Crippen LogP) is 2.04. The van der Waals surface area contributed by atoms with Crippen LogP contribution < -0.4 is 5.56 Å². The van der Waals surface area contributed by atoms with E-state index in [1.54, 1.807) is 38.1 Å². The molecule has 1 aromatic heterocycles. The van der Waals surface area contributed by atoms with Gasteiger partial charge in [0, 0.05) is 6.07 Å². The molecule has 2 rings (SSSR count). The van der Waals surface area contributed by atoms with Gasteiger partial charge in [0.15, 0.2) is 0 Å². The van der Waals surface area contributed by atoms with Gasteiger partial charge in [-0.3, -0.25) is 9.36 Å². The van der Waals surface area contributed by atoms with Crippen molar-refractivity contribution in [3.05, 3.63) is 69.1 Å². The lowest BCUT2D eigenvalue weighted by Crippen LogP contribution is -2.33. The maximum Gasteiger partial charge on any atom is 0.355 e. The average Bonchev–Trinajstić information content (AvgIpc) is 2.69. The third kappa shape index (κ3) is 4.46. The zero-order chi connectivity index (χ0) is 20.7. The molecule has 28 heavy (non-hydrogen) atoms. The first-order valence-electron chi connectivity index (χ1n) is 8.68. The smallest absolute Gasteiger partial charge is 0.355 e. The lowest BCUT2D eigenvalue weighted by Gasteiger charge is -2.17. The van der Waals surface area contributed by atoms with Crippen LogP contribution in [0.15, 0.2) is 41.2 Å². The van der Waals surface area contributed by atoms with Crippen molar-refractivity contribution in [2.24, 2.45) is 0 Å². The summed E-state index contributed by atoms with van der Waals surface area (Å²) in [6.45, 7) is 3.20. The van der Waals surface area contributed by atoms with E-state index >= 15 is 0 Å². The molecule has 1 aromatic carbocycles. The number of pyridine rings is 1. The fourth-order valence-electron chi connectivity index (χ4n) is 2.66. The molecule has 0 saturated heterocycles. The minimum absolute atomic E-state index is 0.00167. The maximum absolute atomic E-state index is 12.7. The van der Waals surface area contributed by atoms with Gasteiger partial charge in [-0.1, -0.05) is 30.3 Å². The van der Waals surface area contributed by atoms with Gasteiger partial charge in [-0.15, -0.1) is 0 Å². The summed E-state index contributed by atoms with van der Waals surface area (Å²) >= 11 is 0. The Morgan fingerprint density at radius 3 is 2.11 bits per heavy atom. The number of methoxy groups -OCH3 is 1. The number of nitrogens with zero attached hydrogens (tertiary/aromatic N) is 1. The van der Waals surface area contributed by atoms with Crippen LogP contribution >= 0.6 is 0 Å². The van der Waals surface area contributed by atoms with Crippen molar-refractivity contribution in [3.63, 3.8) is 0 Å². The van der Waals surface area contributed by atoms with Crippen LogP contribution in [-0.2, 0) is 20.8 Å². The molecule has 8 nitrogen and oxygen atoms in total. The SMILES string of the molecule is CCOC(=O)c1c(C(=O)OC)cc(=O)n(Cc2ccccc2)c1C(=O)OCC. The highest BCUT2D eigenvalue weighted by atomic mass is 16.5. The molecule has 0 saturated carbocycles. The molecule has 0 aliphatic rings. The van der Waals surface area contributed by atoms with E-state index in [1.807, 2.05) is 6.07 Å². The molecule has 0 unspecified atom stereocenters. The first-order chi connectivity index (χ1) is 13.4. The number of rotatable bonds is 7. The second-order valence-electron chi connectivity index (χ2n) is 5.62. The zero-order valence-electron chi connectivity index (χ0n) is 15.9. The van der Waals surface area contributed by atoms with Crippen molar-refractivity contribution in [2.45, 2.75) is 20.4 Å². The standard InChI is InChI=1S/C20H21NO7/c1-4-27-19(24)16-14(18(23)26-3)11-15(22)21(17(16)20(25)28-5-2)12-13-9-7-6-8-10-13/h6-11H,4-5,12H2,1-3H3. The van der Waals surface area contributed by atoms with E-state index in [4.69, 9.17) is 9.47 Å². The number of carbonyl (C=O) groups is 3. The third-order valence-corrected chi connectivity index (χ3v) is 3.85. The molecule has 0 bridgehead atoms. The second-order valence-corrected chi connectivity index (χ2v) is 5.62. The number of hydrogen-bond donors (Lipinski definition) is 0. The summed E-state index contributed by atoms with van der Waals surface area (Å²) in [7, 11) is 1.11. The molecule has 0 spiro atoms. The lowest BCUT2D eigenvalue weighted by atomic mass is 10.0. The van der Waals surface area contributed by atoms with Crippen LogP contribution in [0.5, 0.6) is 0 Å². The van der Waals surface area contributed by atoms with Gasteiger partial charge < -0.3 is 14.2 Å². The number of esters is 3. The van der Waals surface area contributed by atoms with E-state index in [1.165, 1.54) is 0 Å². The molecule has 0 fully saturated rings. The zero-order valence-corrected chi connectivity index (χ0v) is 15.9. The molecule has 0 aliphatic carbocycles. The highest BCUT2D eigenvalue weighted by molar-refractivity contribution is 6.09. The summed E-state index contributed by atoms with van der Waals surface area (Å²) < 4.78 is 15.8. The van der Waals surface area contributed by atoms with Crippen LogP contribution in [0.1, 0.15) is 50.6 Å². The fraction of sp³-hybridized carbons (Fsp3) is 0.300. The molecule has 1 heterocycles. The first kappa shape index (κ1) is 20.9. The average molecular weight is 387 g/mol. The van der Waals surface area contributed by atoms with E-state index in [9.17, 15) is 19.2 Å². The Bertz CT molecular complexity index is 932. The van der Waals surface area contributed by atoms with Crippen LogP contribution in [-0.4, -0.2) is 42.8 Å². The molecular formula is C20H21NO7. The Hall–Kier alpha value is -3.42. The topological polar surface area (TPSA) is 101 Å². The molecular weight excluding hydrogens is 366 g/mol. The quantitative estimate of drug-likeness (QED) is 0.529. The van der Waals surface area contributed by atoms with Gasteiger partial charge in [-0.05, 0) is 19.4 Å². The Balaban J connectivity index is 2.81. The summed E-state index contributed by atoms with van der Waals surface area (Å²) in [5.74, 6) is -2.77. The minimum atomic E-state index is -0.933. The Morgan fingerprint density at radius 1 is 0.929 bits per heavy atom. The maximum atomic E-state index is 12.7. The Kier molecular flexibility index (Phi) is 7.08. The van der Waals surface area contributed by atoms with Gasteiger partial charge in [-0.25, -0.2) is 14.4 Å². The first-order valence-corrected chi connectivity index (χ1v) is 8.68. The second kappa shape index (κ2) is 9.50. The largest absolute Gasteiger partial charge is 0.465 e. The van der Waals surface area contributed by atoms with E-state index in [0.29, 0.717) is 0 Å². The van der Waals surface area contributed by atoms with Crippen molar-refractivity contribution >= 4 is 17.9 Å². The molecule has 0 radical (unpaired) electrons. The summed E-state index contributed by atoms with van der Waals surface area (Å²) in [6.07, 6.45) is 0. The molecule has 8 heteroatoms. The summed E-state index contributed by atoms with van der Waals surface area (Å²) in [5.41, 5.74) is -0.992. The number of aromatic nitrogens is 1. The van der Waals surface area contributed by atoms with Gasteiger partial charge in [0.05, 0.1) is 32.4 Å². The fourth-order valence-corrected chi connectivity index (χ4v) is 2.66. The molecule has 0 amide bonds. The summed E-state index contributed by atoms with van der Waals surface area (Å²) in [5, 5.41) is 0. The molecule has 0 N–H and O–H groups in total. The van der Waals surface area contributed by atoms with Gasteiger partial charge in [0.1, 0.15) is 11.3 Å². The van der Waals surface area contributed by atoms with Crippen LogP contribution in [0.2, 0.25) is 0 Å². The molecule has 148 valence electrons. The number of hydrogen-bond acceptors (Lipinski definition) is 7. The number of ether oxygens (including phenoxy) is 3. The van der Waals surface area contributed by atoms with Crippen LogP contribution in [0.4, 0.5) is 0 Å². The summed E-state index contributed by atoms with van der Waals surface area (Å²) in [4.78, 5) is 50.1. The monoisotopic (exact) mass is 387 g/mol. The minimum Gasteiger partial charge on any atom is -0.465 e. The highest BCUT2D eigenvalue weighted by Gasteiger charge is 2.31. The van der Waals surface area contributed by atoms with Crippen molar-refractivity contribution < 1.29 is 28.6 Å². The molecule has 0 atom stereocenters.